The van der Waals surface area contributed by atoms with Gasteiger partial charge in [0.15, 0.2) is 0 Å². The molecule has 2 aromatic rings. The maximum atomic E-state index is 3.66. The molecule has 15 heavy (non-hydrogen) atoms. The first-order valence-corrected chi connectivity index (χ1v) is 6.05. The third kappa shape index (κ3) is 2.06. The monoisotopic (exact) mass is 273 g/mol. The zero-order valence-corrected chi connectivity index (χ0v) is 11.0. The minimum absolute atomic E-state index is 1.10. The molecule has 0 aliphatic carbocycles. The maximum absolute atomic E-state index is 3.66. The molecule has 0 heterocycles. The quantitative estimate of drug-likeness (QED) is 0.687. The molecule has 0 aliphatic heterocycles. The fraction of sp³-hybridized carbons (Fsp3) is 0.0769. The number of hydrogen-bond donors (Lipinski definition) is 0. The number of rotatable bonds is 1. The second-order valence-electron chi connectivity index (χ2n) is 3.44. The predicted molar refractivity (Wildman–Crippen MR) is 71.2 cm³/mol. The van der Waals surface area contributed by atoms with Gasteiger partial charge in [0.05, 0.1) is 10.2 Å². The Morgan fingerprint density at radius 2 is 1.73 bits per heavy atom. The summed E-state index contributed by atoms with van der Waals surface area (Å²) < 4.78 is 1.11. The third-order valence-corrected chi connectivity index (χ3v) is 3.81. The van der Waals surface area contributed by atoms with Gasteiger partial charge < -0.3 is 0 Å². The molecule has 0 amide bonds. The molecule has 0 saturated heterocycles. The average molecular weight is 274 g/mol. The normalized spacial score (nSPS) is 12.7. The highest BCUT2D eigenvalue weighted by atomic mass is 79.9. The molecular formula is C13H10BrSi. The van der Waals surface area contributed by atoms with Crippen LogP contribution in [0.4, 0.5) is 0 Å². The molecule has 0 fully saturated rings. The van der Waals surface area contributed by atoms with Crippen LogP contribution in [0, 0.1) is 0 Å². The van der Waals surface area contributed by atoms with Crippen molar-refractivity contribution in [2.45, 2.75) is 6.92 Å². The highest BCUT2D eigenvalue weighted by Gasteiger charge is 2.03. The van der Waals surface area contributed by atoms with Crippen molar-refractivity contribution in [1.29, 1.82) is 0 Å². The van der Waals surface area contributed by atoms with Gasteiger partial charge in [0.1, 0.15) is 0 Å². The van der Waals surface area contributed by atoms with E-state index < -0.39 is 0 Å². The van der Waals surface area contributed by atoms with Gasteiger partial charge in [-0.05, 0) is 27.7 Å². The first-order valence-electron chi connectivity index (χ1n) is 4.76. The number of benzene rings is 2. The Kier molecular flexibility index (Phi) is 3.07. The van der Waals surface area contributed by atoms with Crippen LogP contribution >= 0.6 is 15.9 Å². The topological polar surface area (TPSA) is 0 Å². The van der Waals surface area contributed by atoms with Crippen LogP contribution in [0.5, 0.6) is 0 Å². The molecule has 2 heteroatoms. The first-order chi connectivity index (χ1) is 7.20. The highest BCUT2D eigenvalue weighted by Crippen LogP contribution is 2.26. The molecule has 0 nitrogen and oxygen atoms in total. The van der Waals surface area contributed by atoms with Crippen molar-refractivity contribution in [2.75, 3.05) is 0 Å². The molecule has 3 radical (unpaired) electrons. The molecule has 2 rings (SSSR count). The zero-order valence-electron chi connectivity index (χ0n) is 8.42. The lowest BCUT2D eigenvalue weighted by molar-refractivity contribution is 1.66. The van der Waals surface area contributed by atoms with Gasteiger partial charge in [-0.2, -0.15) is 0 Å². The fourth-order valence-corrected chi connectivity index (χ4v) is 2.06. The van der Waals surface area contributed by atoms with E-state index in [1.165, 1.54) is 16.3 Å². The van der Waals surface area contributed by atoms with E-state index in [-0.39, 0.29) is 0 Å². The van der Waals surface area contributed by atoms with E-state index in [0.717, 1.165) is 9.68 Å². The first kappa shape index (κ1) is 10.6. The Morgan fingerprint density at radius 1 is 1.07 bits per heavy atom. The lowest BCUT2D eigenvalue weighted by Crippen LogP contribution is -1.87. The van der Waals surface area contributed by atoms with Crippen molar-refractivity contribution >= 4 is 42.1 Å². The molecule has 0 aliphatic rings. The van der Waals surface area contributed by atoms with Crippen molar-refractivity contribution in [3.8, 4) is 0 Å². The van der Waals surface area contributed by atoms with E-state index in [9.17, 15) is 0 Å². The third-order valence-electron chi connectivity index (χ3n) is 2.40. The van der Waals surface area contributed by atoms with E-state index in [1.807, 2.05) is 6.92 Å². The molecule has 0 spiro atoms. The molecule has 2 aromatic carbocycles. The second kappa shape index (κ2) is 4.33. The molecular weight excluding hydrogens is 264 g/mol. The number of hydrogen-bond acceptors (Lipinski definition) is 0. The van der Waals surface area contributed by atoms with Gasteiger partial charge in [-0.3, -0.25) is 0 Å². The van der Waals surface area contributed by atoms with Gasteiger partial charge in [-0.25, -0.2) is 0 Å². The zero-order chi connectivity index (χ0) is 10.8. The van der Waals surface area contributed by atoms with Crippen molar-refractivity contribution < 1.29 is 0 Å². The Hall–Kier alpha value is -0.863. The van der Waals surface area contributed by atoms with Crippen LogP contribution in [0.3, 0.4) is 0 Å². The van der Waals surface area contributed by atoms with E-state index in [2.05, 4.69) is 68.6 Å². The molecule has 0 bridgehead atoms. The van der Waals surface area contributed by atoms with Gasteiger partial charge in [0.25, 0.3) is 0 Å². The van der Waals surface area contributed by atoms with Crippen molar-refractivity contribution in [1.82, 2.24) is 0 Å². The van der Waals surface area contributed by atoms with Crippen molar-refractivity contribution in [2.24, 2.45) is 0 Å². The maximum Gasteiger partial charge on any atom is 0.0731 e. The van der Waals surface area contributed by atoms with Gasteiger partial charge in [-0.15, -0.1) is 0 Å². The van der Waals surface area contributed by atoms with Crippen molar-refractivity contribution in [3.05, 3.63) is 52.5 Å². The van der Waals surface area contributed by atoms with E-state index >= 15 is 0 Å². The lowest BCUT2D eigenvalue weighted by atomic mass is 10.0. The molecule has 0 atom stereocenters. The van der Waals surface area contributed by atoms with E-state index in [0.29, 0.717) is 0 Å². The number of fused-ring (bicyclic) bond motifs is 1. The summed E-state index contributed by atoms with van der Waals surface area (Å²) in [7, 11) is 3.66. The minimum Gasteiger partial charge on any atom is -0.0616 e. The summed E-state index contributed by atoms with van der Waals surface area (Å²) in [6, 6.07) is 14.7. The van der Waals surface area contributed by atoms with Crippen LogP contribution in [-0.2, 0) is 0 Å². The fourth-order valence-electron chi connectivity index (χ4n) is 1.63. The van der Waals surface area contributed by atoms with Gasteiger partial charge in [-0.1, -0.05) is 63.6 Å². The van der Waals surface area contributed by atoms with Crippen LogP contribution in [0.2, 0.25) is 0 Å². The summed E-state index contributed by atoms with van der Waals surface area (Å²) in [6.07, 6.45) is 0. The van der Waals surface area contributed by atoms with Crippen LogP contribution in [0.1, 0.15) is 12.5 Å². The molecule has 0 aromatic heterocycles. The number of allylic oxidation sites excluding steroid dienone is 1. The highest BCUT2D eigenvalue weighted by molar-refractivity contribution is 9.11. The Bertz CT molecular complexity index is 520. The van der Waals surface area contributed by atoms with Crippen LogP contribution < -0.4 is 0 Å². The van der Waals surface area contributed by atoms with Crippen LogP contribution in [0.15, 0.2) is 46.9 Å². The molecule has 0 N–H and O–H groups in total. The van der Waals surface area contributed by atoms with E-state index in [1.54, 1.807) is 0 Å². The van der Waals surface area contributed by atoms with E-state index in [4.69, 9.17) is 0 Å². The lowest BCUT2D eigenvalue weighted by Gasteiger charge is -2.07. The summed E-state index contributed by atoms with van der Waals surface area (Å²) in [4.78, 5) is 0. The Morgan fingerprint density at radius 3 is 2.47 bits per heavy atom. The molecule has 73 valence electrons. The van der Waals surface area contributed by atoms with Crippen molar-refractivity contribution in [3.63, 3.8) is 0 Å². The van der Waals surface area contributed by atoms with Crippen LogP contribution in [0.25, 0.3) is 16.0 Å². The second-order valence-corrected chi connectivity index (χ2v) is 5.12. The minimum atomic E-state index is 1.10. The standard InChI is InChI=1S/C13H10BrSi/c1-9(14)13(15)12-8-4-6-10-5-2-3-7-11(10)12/h2-8H,1H3. The Labute approximate surface area is 102 Å². The number of halogens is 1. The SMILES string of the molecule is CC(Br)=C([Si])c1cccc2ccccc12. The van der Waals surface area contributed by atoms with Gasteiger partial charge in [0.2, 0.25) is 0 Å². The summed E-state index contributed by atoms with van der Waals surface area (Å²) in [5, 5.41) is 3.63. The Balaban J connectivity index is 2.77. The van der Waals surface area contributed by atoms with Gasteiger partial charge in [0, 0.05) is 0 Å². The summed E-state index contributed by atoms with van der Waals surface area (Å²) in [5.74, 6) is 0. The summed E-state index contributed by atoms with van der Waals surface area (Å²) in [5.41, 5.74) is 1.22. The molecule has 0 unspecified atom stereocenters. The predicted octanol–water partition coefficient (Wildman–Crippen LogP) is 4.09. The van der Waals surface area contributed by atoms with Crippen LogP contribution in [-0.4, -0.2) is 10.2 Å². The smallest absolute Gasteiger partial charge is 0.0616 e. The largest absolute Gasteiger partial charge is 0.0731 e. The average Bonchev–Trinajstić information content (AvgIpc) is 2.27. The summed E-state index contributed by atoms with van der Waals surface area (Å²) >= 11 is 3.49. The summed E-state index contributed by atoms with van der Waals surface area (Å²) in [6.45, 7) is 2.03. The van der Waals surface area contributed by atoms with Gasteiger partial charge >= 0.3 is 0 Å². The molecule has 0 saturated carbocycles.